The number of carboxylic acid groups (broad SMARTS) is 1. The van der Waals surface area contributed by atoms with Crippen LogP contribution in [0.4, 0.5) is 8.78 Å². The lowest BCUT2D eigenvalue weighted by atomic mass is 10.1. The van der Waals surface area contributed by atoms with E-state index in [4.69, 9.17) is 10.4 Å². The molecule has 0 saturated carbocycles. The Hall–Kier alpha value is -2.03. The van der Waals surface area contributed by atoms with Gasteiger partial charge in [0.15, 0.2) is 0 Å². The molecule has 0 aromatic carbocycles. The number of nitrogens with zero attached hydrogens (tertiary/aromatic N) is 2. The number of pyridine rings is 1. The van der Waals surface area contributed by atoms with Gasteiger partial charge in [-0.1, -0.05) is 0 Å². The van der Waals surface area contributed by atoms with Crippen molar-refractivity contribution >= 4 is 5.97 Å². The summed E-state index contributed by atoms with van der Waals surface area (Å²) >= 11 is 0. The number of aryl methyl sites for hydroxylation is 1. The Kier molecular flexibility index (Phi) is 3.51. The number of carboxylic acids is 1. The minimum atomic E-state index is -2.78. The summed E-state index contributed by atoms with van der Waals surface area (Å²) in [5, 5.41) is 17.3. The summed E-state index contributed by atoms with van der Waals surface area (Å²) < 4.78 is 25.0. The molecule has 6 heteroatoms. The van der Waals surface area contributed by atoms with Gasteiger partial charge >= 0.3 is 5.97 Å². The van der Waals surface area contributed by atoms with Crippen LogP contribution in [0.25, 0.3) is 0 Å². The van der Waals surface area contributed by atoms with Crippen molar-refractivity contribution in [3.05, 3.63) is 28.6 Å². The van der Waals surface area contributed by atoms with Crippen molar-refractivity contribution in [2.75, 3.05) is 0 Å². The van der Waals surface area contributed by atoms with Crippen molar-refractivity contribution in [1.29, 1.82) is 5.26 Å². The van der Waals surface area contributed by atoms with Crippen molar-refractivity contribution in [2.45, 2.75) is 19.8 Å². The van der Waals surface area contributed by atoms with E-state index in [9.17, 15) is 13.6 Å². The van der Waals surface area contributed by atoms with Crippen LogP contribution in [-0.2, 0) is 11.2 Å². The molecule has 0 aliphatic carbocycles. The van der Waals surface area contributed by atoms with Crippen LogP contribution in [0.1, 0.15) is 28.9 Å². The van der Waals surface area contributed by atoms with Gasteiger partial charge in [0.1, 0.15) is 11.8 Å². The van der Waals surface area contributed by atoms with E-state index < -0.39 is 24.5 Å². The Morgan fingerprint density at radius 3 is 2.75 bits per heavy atom. The number of nitriles is 1. The molecule has 0 bridgehead atoms. The lowest BCUT2D eigenvalue weighted by Crippen LogP contribution is -2.08. The first-order chi connectivity index (χ1) is 7.45. The van der Waals surface area contributed by atoms with Crippen molar-refractivity contribution in [3.8, 4) is 6.07 Å². The molecular weight excluding hydrogens is 218 g/mol. The Morgan fingerprint density at radius 2 is 2.31 bits per heavy atom. The molecule has 0 spiro atoms. The van der Waals surface area contributed by atoms with E-state index >= 15 is 0 Å². The highest BCUT2D eigenvalue weighted by atomic mass is 19.3. The molecule has 1 aromatic heterocycles. The van der Waals surface area contributed by atoms with Crippen molar-refractivity contribution < 1.29 is 18.7 Å². The summed E-state index contributed by atoms with van der Waals surface area (Å²) in [7, 11) is 0. The van der Waals surface area contributed by atoms with Gasteiger partial charge in [0.2, 0.25) is 0 Å². The number of rotatable bonds is 3. The highest BCUT2D eigenvalue weighted by Crippen LogP contribution is 2.22. The van der Waals surface area contributed by atoms with Gasteiger partial charge in [-0.15, -0.1) is 0 Å². The maximum atomic E-state index is 12.5. The number of alkyl halides is 2. The fourth-order valence-corrected chi connectivity index (χ4v) is 1.26. The van der Waals surface area contributed by atoms with Gasteiger partial charge in [-0.05, 0) is 18.6 Å². The minimum absolute atomic E-state index is 0.0179. The average molecular weight is 226 g/mol. The maximum Gasteiger partial charge on any atom is 0.309 e. The van der Waals surface area contributed by atoms with Gasteiger partial charge in [0.05, 0.1) is 17.7 Å². The molecule has 0 aliphatic heterocycles. The van der Waals surface area contributed by atoms with E-state index in [0.29, 0.717) is 0 Å². The third-order valence-corrected chi connectivity index (χ3v) is 1.98. The van der Waals surface area contributed by atoms with Crippen LogP contribution in [0.15, 0.2) is 6.07 Å². The predicted octanol–water partition coefficient (Wildman–Crippen LogP) is 1.83. The van der Waals surface area contributed by atoms with Crippen LogP contribution in [0.5, 0.6) is 0 Å². The lowest BCUT2D eigenvalue weighted by molar-refractivity contribution is -0.136. The molecule has 0 amide bonds. The highest BCUT2D eigenvalue weighted by molar-refractivity contribution is 5.70. The third kappa shape index (κ3) is 2.51. The molecule has 16 heavy (non-hydrogen) atoms. The lowest BCUT2D eigenvalue weighted by Gasteiger charge is -2.07. The second-order valence-corrected chi connectivity index (χ2v) is 3.17. The number of hydrogen-bond donors (Lipinski definition) is 1. The van der Waals surface area contributed by atoms with Gasteiger partial charge in [0.25, 0.3) is 6.43 Å². The van der Waals surface area contributed by atoms with Gasteiger partial charge in [-0.25, -0.2) is 13.8 Å². The molecule has 1 N–H and O–H groups in total. The SMILES string of the molecule is Cc1cc(C#N)c(CC(=O)O)nc1C(F)F. The fraction of sp³-hybridized carbons (Fsp3) is 0.300. The van der Waals surface area contributed by atoms with Crippen LogP contribution in [0.3, 0.4) is 0 Å². The van der Waals surface area contributed by atoms with Gasteiger partial charge in [-0.3, -0.25) is 4.79 Å². The number of aliphatic carboxylic acids is 1. The summed E-state index contributed by atoms with van der Waals surface area (Å²) in [5.41, 5.74) is -0.406. The predicted molar refractivity (Wildman–Crippen MR) is 50.0 cm³/mol. The zero-order chi connectivity index (χ0) is 12.3. The number of carbonyl (C=O) groups is 1. The van der Waals surface area contributed by atoms with E-state index in [1.807, 2.05) is 0 Å². The zero-order valence-corrected chi connectivity index (χ0v) is 8.37. The molecule has 1 aromatic rings. The smallest absolute Gasteiger partial charge is 0.309 e. The van der Waals surface area contributed by atoms with Crippen molar-refractivity contribution in [1.82, 2.24) is 4.98 Å². The summed E-state index contributed by atoms with van der Waals surface area (Å²) in [6.07, 6.45) is -3.32. The number of halogens is 2. The summed E-state index contributed by atoms with van der Waals surface area (Å²) in [4.78, 5) is 14.0. The molecule has 0 aliphatic rings. The second-order valence-electron chi connectivity index (χ2n) is 3.17. The Bertz CT molecular complexity index is 467. The maximum absolute atomic E-state index is 12.5. The highest BCUT2D eigenvalue weighted by Gasteiger charge is 2.17. The first-order valence-electron chi connectivity index (χ1n) is 4.36. The monoisotopic (exact) mass is 226 g/mol. The van der Waals surface area contributed by atoms with Crippen LogP contribution in [0, 0.1) is 18.3 Å². The van der Waals surface area contributed by atoms with E-state index in [1.165, 1.54) is 13.0 Å². The van der Waals surface area contributed by atoms with E-state index in [2.05, 4.69) is 4.98 Å². The van der Waals surface area contributed by atoms with Crippen LogP contribution in [0.2, 0.25) is 0 Å². The quantitative estimate of drug-likeness (QED) is 0.853. The Morgan fingerprint density at radius 1 is 1.69 bits per heavy atom. The Labute approximate surface area is 90.2 Å². The molecule has 1 rings (SSSR count). The van der Waals surface area contributed by atoms with Crippen LogP contribution < -0.4 is 0 Å². The average Bonchev–Trinajstić information content (AvgIpc) is 2.18. The molecule has 0 unspecified atom stereocenters. The number of aromatic nitrogens is 1. The van der Waals surface area contributed by atoms with Crippen LogP contribution >= 0.6 is 0 Å². The van der Waals surface area contributed by atoms with Crippen LogP contribution in [-0.4, -0.2) is 16.1 Å². The van der Waals surface area contributed by atoms with E-state index in [1.54, 1.807) is 6.07 Å². The molecule has 1 heterocycles. The molecule has 0 radical (unpaired) electrons. The van der Waals surface area contributed by atoms with E-state index in [0.717, 1.165) is 0 Å². The molecule has 0 fully saturated rings. The summed E-state index contributed by atoms with van der Waals surface area (Å²) in [6, 6.07) is 2.97. The first-order valence-corrected chi connectivity index (χ1v) is 4.36. The van der Waals surface area contributed by atoms with Crippen molar-refractivity contribution in [2.24, 2.45) is 0 Å². The molecular formula is C10H8F2N2O2. The topological polar surface area (TPSA) is 74.0 Å². The minimum Gasteiger partial charge on any atom is -0.481 e. The molecule has 0 atom stereocenters. The Balaban J connectivity index is 3.30. The van der Waals surface area contributed by atoms with Crippen molar-refractivity contribution in [3.63, 3.8) is 0 Å². The summed E-state index contributed by atoms with van der Waals surface area (Å²) in [6.45, 7) is 1.40. The largest absolute Gasteiger partial charge is 0.481 e. The van der Waals surface area contributed by atoms with Gasteiger partial charge in [-0.2, -0.15) is 5.26 Å². The normalized spacial score (nSPS) is 10.2. The standard InChI is InChI=1S/C10H8F2N2O2/c1-5-2-6(4-13)7(3-8(15)16)14-9(5)10(11)12/h2,10H,3H2,1H3,(H,15,16). The molecule has 84 valence electrons. The van der Waals surface area contributed by atoms with Gasteiger partial charge < -0.3 is 5.11 Å². The van der Waals surface area contributed by atoms with Gasteiger partial charge in [0, 0.05) is 0 Å². The number of hydrogen-bond acceptors (Lipinski definition) is 3. The zero-order valence-electron chi connectivity index (χ0n) is 8.37. The summed E-state index contributed by atoms with van der Waals surface area (Å²) in [5.74, 6) is -1.21. The second kappa shape index (κ2) is 4.66. The molecule has 0 saturated heterocycles. The first kappa shape index (κ1) is 12.0. The third-order valence-electron chi connectivity index (χ3n) is 1.98. The van der Waals surface area contributed by atoms with E-state index in [-0.39, 0.29) is 16.8 Å². The fourth-order valence-electron chi connectivity index (χ4n) is 1.26. The molecule has 4 nitrogen and oxygen atoms in total.